The molecule has 0 aliphatic rings. The SMILES string of the molecule is CC/C=C\C/C=C\C/C=C\C/C=C\C/C=C\C/C=C\CCC(=O)OC(COC(=O)CCCCCCCCCCCCCC/C=C\C/C=C\C/C=C\C/C=C\CC)COC(OCC[N+](C)(C)C)C(=O)[O-]. The van der Waals surface area contributed by atoms with Crippen LogP contribution in [0.5, 0.6) is 0 Å². The van der Waals surface area contributed by atoms with Crippen molar-refractivity contribution in [3.63, 3.8) is 0 Å². The predicted molar refractivity (Wildman–Crippen MR) is 287 cm³/mol. The topological polar surface area (TPSA) is 111 Å². The molecule has 9 nitrogen and oxygen atoms in total. The highest BCUT2D eigenvalue weighted by Crippen LogP contribution is 2.14. The maximum Gasteiger partial charge on any atom is 0.306 e. The van der Waals surface area contributed by atoms with E-state index in [0.29, 0.717) is 17.4 Å². The molecule has 0 aliphatic carbocycles. The Morgan fingerprint density at radius 3 is 1.22 bits per heavy atom. The molecule has 0 saturated heterocycles. The van der Waals surface area contributed by atoms with E-state index in [2.05, 4.69) is 123 Å². The number of carbonyl (C=O) groups is 3. The summed E-state index contributed by atoms with van der Waals surface area (Å²) in [7, 11) is 5.88. The van der Waals surface area contributed by atoms with Gasteiger partial charge in [0.15, 0.2) is 12.4 Å². The summed E-state index contributed by atoms with van der Waals surface area (Å²) in [5, 5.41) is 11.7. The van der Waals surface area contributed by atoms with Crippen LogP contribution in [-0.2, 0) is 33.3 Å². The third kappa shape index (κ3) is 51.4. The first-order valence-corrected chi connectivity index (χ1v) is 26.7. The molecule has 0 bridgehead atoms. The molecule has 69 heavy (non-hydrogen) atoms. The number of likely N-dealkylation sites (N-methyl/N-ethyl adjacent to an activating group) is 1. The van der Waals surface area contributed by atoms with Gasteiger partial charge in [0.1, 0.15) is 13.2 Å². The van der Waals surface area contributed by atoms with Gasteiger partial charge in [-0.2, -0.15) is 0 Å². The van der Waals surface area contributed by atoms with E-state index in [1.165, 1.54) is 57.8 Å². The number of nitrogens with zero attached hydrogens (tertiary/aromatic N) is 1. The molecule has 2 unspecified atom stereocenters. The van der Waals surface area contributed by atoms with E-state index in [4.69, 9.17) is 18.9 Å². The lowest BCUT2D eigenvalue weighted by Gasteiger charge is -2.26. The molecule has 0 heterocycles. The van der Waals surface area contributed by atoms with Crippen molar-refractivity contribution in [3.05, 3.63) is 122 Å². The Labute approximate surface area is 421 Å². The summed E-state index contributed by atoms with van der Waals surface area (Å²) in [4.78, 5) is 37.2. The zero-order valence-electron chi connectivity index (χ0n) is 44.1. The Kier molecular flexibility index (Phi) is 47.0. The number of esters is 2. The minimum atomic E-state index is -1.65. The van der Waals surface area contributed by atoms with Crippen molar-refractivity contribution in [2.45, 2.75) is 193 Å². The molecule has 0 aromatic heterocycles. The Hall–Kier alpha value is -4.31. The highest BCUT2D eigenvalue weighted by Gasteiger charge is 2.21. The van der Waals surface area contributed by atoms with Crippen LogP contribution in [0.3, 0.4) is 0 Å². The van der Waals surface area contributed by atoms with Gasteiger partial charge in [0.2, 0.25) is 0 Å². The molecule has 0 amide bonds. The Balaban J connectivity index is 4.40. The van der Waals surface area contributed by atoms with Crippen LogP contribution in [0.2, 0.25) is 0 Å². The van der Waals surface area contributed by atoms with Gasteiger partial charge in [0, 0.05) is 12.8 Å². The van der Waals surface area contributed by atoms with Crippen molar-refractivity contribution in [1.29, 1.82) is 0 Å². The van der Waals surface area contributed by atoms with Gasteiger partial charge in [0.05, 0.1) is 40.3 Å². The van der Waals surface area contributed by atoms with Gasteiger partial charge in [-0.1, -0.05) is 200 Å². The third-order valence-electron chi connectivity index (χ3n) is 10.7. The summed E-state index contributed by atoms with van der Waals surface area (Å²) < 4.78 is 22.5. The van der Waals surface area contributed by atoms with Crippen molar-refractivity contribution in [2.24, 2.45) is 0 Å². The van der Waals surface area contributed by atoms with Crippen LogP contribution in [0.4, 0.5) is 0 Å². The Morgan fingerprint density at radius 2 is 0.812 bits per heavy atom. The highest BCUT2D eigenvalue weighted by atomic mass is 16.7. The number of carboxylic acid groups (broad SMARTS) is 1. The average Bonchev–Trinajstić information content (AvgIpc) is 3.31. The smallest absolute Gasteiger partial charge is 0.306 e. The lowest BCUT2D eigenvalue weighted by atomic mass is 10.0. The molecule has 0 spiro atoms. The molecular formula is C60H97NO8. The van der Waals surface area contributed by atoms with E-state index in [1.807, 2.05) is 33.3 Å². The zero-order chi connectivity index (χ0) is 50.6. The minimum absolute atomic E-state index is 0.115. The summed E-state index contributed by atoms with van der Waals surface area (Å²) in [5.41, 5.74) is 0. The monoisotopic (exact) mass is 960 g/mol. The van der Waals surface area contributed by atoms with Gasteiger partial charge in [-0.15, -0.1) is 0 Å². The van der Waals surface area contributed by atoms with E-state index >= 15 is 0 Å². The first kappa shape index (κ1) is 64.7. The van der Waals surface area contributed by atoms with E-state index in [9.17, 15) is 19.5 Å². The van der Waals surface area contributed by atoms with Gasteiger partial charge >= 0.3 is 11.9 Å². The van der Waals surface area contributed by atoms with Gasteiger partial charge in [0.25, 0.3) is 0 Å². The molecule has 0 radical (unpaired) electrons. The van der Waals surface area contributed by atoms with Crippen LogP contribution in [0, 0.1) is 0 Å². The summed E-state index contributed by atoms with van der Waals surface area (Å²) in [6.07, 6.45) is 66.8. The van der Waals surface area contributed by atoms with Gasteiger partial charge in [-0.25, -0.2) is 0 Å². The molecule has 0 aromatic rings. The zero-order valence-corrected chi connectivity index (χ0v) is 44.1. The second kappa shape index (κ2) is 50.1. The lowest BCUT2D eigenvalue weighted by molar-refractivity contribution is -0.870. The van der Waals surface area contributed by atoms with Gasteiger partial charge in [-0.3, -0.25) is 9.59 Å². The maximum atomic E-state index is 12.8. The fourth-order valence-corrected chi connectivity index (χ4v) is 6.67. The Morgan fingerprint density at radius 1 is 0.435 bits per heavy atom. The molecule has 390 valence electrons. The quantitative estimate of drug-likeness (QED) is 0.0195. The summed E-state index contributed by atoms with van der Waals surface area (Å²) in [5.74, 6) is -2.41. The highest BCUT2D eigenvalue weighted by molar-refractivity contribution is 5.70. The molecular weight excluding hydrogens is 863 g/mol. The number of rotatable bonds is 47. The number of ether oxygens (including phenoxy) is 4. The standard InChI is InChI=1S/C60H97NO8/c1-6-8-10-12-14-16-18-20-22-24-26-27-28-29-30-31-33-34-36-38-40-42-44-46-48-50-57(62)67-54-56(55-68-60(59(64)65)66-53-52-61(3,4)5)69-58(63)51-49-47-45-43-41-39-37-35-32-25-23-21-19-17-15-13-11-9-7-2/h8-11,14-17,20-23,26-27,32,35,39,41,45,47,56,60H,6-7,12-13,18-19,24-25,28-31,33-34,36-38,40,42-44,46,48-55H2,1-5H3/b10-8-,11-9-,16-14-,17-15-,22-20-,23-21-,27-26-,35-32-,41-39-,47-45-. The number of hydrogen-bond acceptors (Lipinski definition) is 8. The van der Waals surface area contributed by atoms with Crippen molar-refractivity contribution in [3.8, 4) is 0 Å². The van der Waals surface area contributed by atoms with Crippen molar-refractivity contribution in [1.82, 2.24) is 0 Å². The molecule has 0 aliphatic heterocycles. The second-order valence-electron chi connectivity index (χ2n) is 18.4. The largest absolute Gasteiger partial charge is 0.545 e. The van der Waals surface area contributed by atoms with Gasteiger partial charge < -0.3 is 33.3 Å². The molecule has 2 atom stereocenters. The molecule has 9 heteroatoms. The van der Waals surface area contributed by atoms with Crippen molar-refractivity contribution >= 4 is 17.9 Å². The average molecular weight is 960 g/mol. The number of allylic oxidation sites excluding steroid dienone is 20. The minimum Gasteiger partial charge on any atom is -0.545 e. The van der Waals surface area contributed by atoms with Crippen LogP contribution >= 0.6 is 0 Å². The summed E-state index contributed by atoms with van der Waals surface area (Å²) in [6, 6.07) is 0. The number of unbranched alkanes of at least 4 members (excludes halogenated alkanes) is 12. The number of carbonyl (C=O) groups excluding carboxylic acids is 3. The van der Waals surface area contributed by atoms with Crippen LogP contribution in [-0.4, -0.2) is 82.3 Å². The molecule has 0 saturated carbocycles. The van der Waals surface area contributed by atoms with E-state index < -0.39 is 24.3 Å². The fourth-order valence-electron chi connectivity index (χ4n) is 6.67. The van der Waals surface area contributed by atoms with E-state index in [-0.39, 0.29) is 38.6 Å². The van der Waals surface area contributed by atoms with E-state index in [0.717, 1.165) is 89.9 Å². The first-order chi connectivity index (χ1) is 33.6. The van der Waals surface area contributed by atoms with Crippen molar-refractivity contribution < 1.29 is 42.9 Å². The fraction of sp³-hybridized carbons (Fsp3) is 0.617. The van der Waals surface area contributed by atoms with Gasteiger partial charge in [-0.05, 0) is 89.9 Å². The Bertz CT molecular complexity index is 1540. The number of aliphatic carboxylic acids is 1. The predicted octanol–water partition coefficient (Wildman–Crippen LogP) is 14.0. The molecule has 0 aromatic carbocycles. The van der Waals surface area contributed by atoms with Crippen LogP contribution in [0.1, 0.15) is 181 Å². The third-order valence-corrected chi connectivity index (χ3v) is 10.7. The van der Waals surface area contributed by atoms with Crippen molar-refractivity contribution in [2.75, 3.05) is 47.5 Å². The first-order valence-electron chi connectivity index (χ1n) is 26.7. The molecule has 0 fully saturated rings. The molecule has 0 rings (SSSR count). The van der Waals surface area contributed by atoms with Crippen LogP contribution in [0.15, 0.2) is 122 Å². The second-order valence-corrected chi connectivity index (χ2v) is 18.4. The summed E-state index contributed by atoms with van der Waals surface area (Å²) >= 11 is 0. The normalized spacial score (nSPS) is 13.8. The summed E-state index contributed by atoms with van der Waals surface area (Å²) in [6.45, 7) is 4.41. The maximum absolute atomic E-state index is 12.8. The van der Waals surface area contributed by atoms with Crippen LogP contribution < -0.4 is 5.11 Å². The molecule has 0 N–H and O–H groups in total. The van der Waals surface area contributed by atoms with Crippen LogP contribution in [0.25, 0.3) is 0 Å². The number of carboxylic acids is 1. The lowest BCUT2D eigenvalue weighted by Crippen LogP contribution is -2.44. The number of quaternary nitrogens is 1. The van der Waals surface area contributed by atoms with E-state index in [1.54, 1.807) is 0 Å². The number of hydrogen-bond donors (Lipinski definition) is 0.